The largest absolute Gasteiger partial charge is 0.480 e. The summed E-state index contributed by atoms with van der Waals surface area (Å²) in [6.07, 6.45) is 0.736. The molecule has 1 saturated heterocycles. The molecule has 0 N–H and O–H groups in total. The number of hydrogen-bond donors (Lipinski definition) is 0. The Labute approximate surface area is 161 Å². The van der Waals surface area contributed by atoms with Gasteiger partial charge in [0.2, 0.25) is 0 Å². The Bertz CT molecular complexity index is 704. The third-order valence-corrected chi connectivity index (χ3v) is 5.37. The third kappa shape index (κ3) is 4.20. The zero-order valence-corrected chi connectivity index (χ0v) is 16.9. The van der Waals surface area contributed by atoms with Crippen LogP contribution in [0, 0.1) is 0 Å². The van der Waals surface area contributed by atoms with Crippen LogP contribution in [0.4, 0.5) is 4.79 Å². The summed E-state index contributed by atoms with van der Waals surface area (Å²) in [5.74, 6) is 0.851. The van der Waals surface area contributed by atoms with Crippen LogP contribution in [0.3, 0.4) is 0 Å². The smallest absolute Gasteiger partial charge is 0.410 e. The monoisotopic (exact) mass is 374 g/mol. The molecule has 2 aliphatic rings. The summed E-state index contributed by atoms with van der Waals surface area (Å²) in [5.41, 5.74) is 0.593. The van der Waals surface area contributed by atoms with Gasteiger partial charge in [-0.1, -0.05) is 25.1 Å². The number of likely N-dealkylation sites (tertiary alicyclic amines) is 1. The van der Waals surface area contributed by atoms with Crippen LogP contribution < -0.4 is 4.74 Å². The molecule has 2 heterocycles. The zero-order valence-electron chi connectivity index (χ0n) is 16.9. The van der Waals surface area contributed by atoms with Crippen LogP contribution in [0.5, 0.6) is 5.75 Å². The number of rotatable bonds is 2. The van der Waals surface area contributed by atoms with E-state index >= 15 is 0 Å². The molecule has 0 unspecified atom stereocenters. The van der Waals surface area contributed by atoms with Crippen molar-refractivity contribution in [1.82, 2.24) is 9.80 Å². The van der Waals surface area contributed by atoms with Crippen molar-refractivity contribution in [3.8, 4) is 5.75 Å². The molecule has 6 heteroatoms. The molecular weight excluding hydrogens is 344 g/mol. The zero-order chi connectivity index (χ0) is 19.8. The van der Waals surface area contributed by atoms with Crippen LogP contribution in [0.2, 0.25) is 0 Å². The van der Waals surface area contributed by atoms with Gasteiger partial charge in [0.05, 0.1) is 0 Å². The second-order valence-electron chi connectivity index (χ2n) is 8.51. The molecule has 1 aromatic carbocycles. The number of carbonyl (C=O) groups is 2. The lowest BCUT2D eigenvalue weighted by atomic mass is 9.95. The van der Waals surface area contributed by atoms with Gasteiger partial charge < -0.3 is 19.3 Å². The SMILES string of the molecule is C[C@H]1c2ccccc2O[C@@H]1C(=O)N(C)C1CCN(C(=O)OC(C)(C)C)CC1. The number of fused-ring (bicyclic) bond motifs is 1. The molecule has 1 fully saturated rings. The van der Waals surface area contributed by atoms with Gasteiger partial charge in [-0.25, -0.2) is 4.79 Å². The highest BCUT2D eigenvalue weighted by molar-refractivity contribution is 5.83. The van der Waals surface area contributed by atoms with Crippen LogP contribution in [0.25, 0.3) is 0 Å². The van der Waals surface area contributed by atoms with Gasteiger partial charge in [0, 0.05) is 37.7 Å². The quantitative estimate of drug-likeness (QED) is 0.796. The van der Waals surface area contributed by atoms with E-state index in [9.17, 15) is 9.59 Å². The lowest BCUT2D eigenvalue weighted by Crippen LogP contribution is -2.51. The fourth-order valence-electron chi connectivity index (χ4n) is 3.77. The van der Waals surface area contributed by atoms with Crippen LogP contribution in [-0.2, 0) is 9.53 Å². The number of nitrogens with zero attached hydrogens (tertiary/aromatic N) is 2. The van der Waals surface area contributed by atoms with E-state index in [1.165, 1.54) is 0 Å². The van der Waals surface area contributed by atoms with Crippen LogP contribution in [-0.4, -0.2) is 59.7 Å². The number of likely N-dealkylation sites (N-methyl/N-ethyl adjacent to an activating group) is 1. The molecule has 2 aliphatic heterocycles. The summed E-state index contributed by atoms with van der Waals surface area (Å²) in [6, 6.07) is 7.94. The molecule has 0 aromatic heterocycles. The van der Waals surface area contributed by atoms with Crippen molar-refractivity contribution >= 4 is 12.0 Å². The van der Waals surface area contributed by atoms with Gasteiger partial charge in [0.1, 0.15) is 11.4 Å². The number of carbonyl (C=O) groups excluding carboxylic acids is 2. The Balaban J connectivity index is 1.56. The minimum atomic E-state index is -0.494. The maximum absolute atomic E-state index is 13.0. The van der Waals surface area contributed by atoms with Gasteiger partial charge in [-0.3, -0.25) is 4.79 Å². The van der Waals surface area contributed by atoms with E-state index in [1.54, 1.807) is 9.80 Å². The van der Waals surface area contributed by atoms with E-state index in [1.807, 2.05) is 59.0 Å². The molecule has 0 bridgehead atoms. The van der Waals surface area contributed by atoms with Crippen molar-refractivity contribution in [3.05, 3.63) is 29.8 Å². The molecule has 2 amide bonds. The third-order valence-electron chi connectivity index (χ3n) is 5.37. The Morgan fingerprint density at radius 1 is 1.19 bits per heavy atom. The molecule has 0 saturated carbocycles. The maximum Gasteiger partial charge on any atom is 0.410 e. The predicted octanol–water partition coefficient (Wildman–Crippen LogP) is 3.41. The normalized spacial score (nSPS) is 22.8. The first kappa shape index (κ1) is 19.5. The Morgan fingerprint density at radius 3 is 2.41 bits per heavy atom. The molecular formula is C21H30N2O4. The maximum atomic E-state index is 13.0. The Kier molecular flexibility index (Phi) is 5.36. The topological polar surface area (TPSA) is 59.1 Å². The molecule has 0 spiro atoms. The predicted molar refractivity (Wildman–Crippen MR) is 103 cm³/mol. The second kappa shape index (κ2) is 7.41. The van der Waals surface area contributed by atoms with Gasteiger partial charge >= 0.3 is 6.09 Å². The van der Waals surface area contributed by atoms with Gasteiger partial charge in [0.25, 0.3) is 5.91 Å². The lowest BCUT2D eigenvalue weighted by molar-refractivity contribution is -0.140. The minimum absolute atomic E-state index is 0.00872. The minimum Gasteiger partial charge on any atom is -0.480 e. The Hall–Kier alpha value is -2.24. The average molecular weight is 374 g/mol. The molecule has 6 nitrogen and oxygen atoms in total. The summed E-state index contributed by atoms with van der Waals surface area (Å²) >= 11 is 0. The van der Waals surface area contributed by atoms with Crippen molar-refractivity contribution < 1.29 is 19.1 Å². The van der Waals surface area contributed by atoms with Crippen molar-refractivity contribution in [2.24, 2.45) is 0 Å². The van der Waals surface area contributed by atoms with Crippen molar-refractivity contribution in [2.45, 2.75) is 64.2 Å². The van der Waals surface area contributed by atoms with Crippen molar-refractivity contribution in [2.75, 3.05) is 20.1 Å². The van der Waals surface area contributed by atoms with Gasteiger partial charge in [0.15, 0.2) is 6.10 Å². The lowest BCUT2D eigenvalue weighted by Gasteiger charge is -2.38. The van der Waals surface area contributed by atoms with Crippen molar-refractivity contribution in [3.63, 3.8) is 0 Å². The first-order valence-electron chi connectivity index (χ1n) is 9.67. The number of piperidine rings is 1. The summed E-state index contributed by atoms with van der Waals surface area (Å²) in [7, 11) is 1.84. The standard InChI is InChI=1S/C21H30N2O4/c1-14-16-8-6-7-9-17(16)26-18(14)19(24)22(5)15-10-12-23(13-11-15)20(25)27-21(2,3)4/h6-9,14-15,18H,10-13H2,1-5H3/t14-,18-/m0/s1. The van der Waals surface area contributed by atoms with Gasteiger partial charge in [-0.15, -0.1) is 0 Å². The molecule has 0 radical (unpaired) electrons. The van der Waals surface area contributed by atoms with Crippen LogP contribution in [0.1, 0.15) is 52.0 Å². The van der Waals surface area contributed by atoms with E-state index in [0.717, 1.165) is 24.2 Å². The highest BCUT2D eigenvalue weighted by Crippen LogP contribution is 2.38. The number of hydrogen-bond acceptors (Lipinski definition) is 4. The number of amides is 2. The van der Waals surface area contributed by atoms with Crippen molar-refractivity contribution in [1.29, 1.82) is 0 Å². The molecule has 148 valence electrons. The van der Waals surface area contributed by atoms with E-state index in [2.05, 4.69) is 0 Å². The number of para-hydroxylation sites is 1. The molecule has 2 atom stereocenters. The summed E-state index contributed by atoms with van der Waals surface area (Å²) in [6.45, 7) is 8.82. The van der Waals surface area contributed by atoms with E-state index < -0.39 is 11.7 Å². The fraction of sp³-hybridized carbons (Fsp3) is 0.619. The number of benzene rings is 1. The second-order valence-corrected chi connectivity index (χ2v) is 8.51. The van der Waals surface area contributed by atoms with E-state index in [-0.39, 0.29) is 24.0 Å². The highest BCUT2D eigenvalue weighted by Gasteiger charge is 2.40. The first-order valence-corrected chi connectivity index (χ1v) is 9.67. The molecule has 0 aliphatic carbocycles. The van der Waals surface area contributed by atoms with Crippen LogP contribution in [0.15, 0.2) is 24.3 Å². The summed E-state index contributed by atoms with van der Waals surface area (Å²) in [5, 5.41) is 0. The van der Waals surface area contributed by atoms with Crippen LogP contribution >= 0.6 is 0 Å². The summed E-state index contributed by atoms with van der Waals surface area (Å²) in [4.78, 5) is 28.8. The number of ether oxygens (including phenoxy) is 2. The first-order chi connectivity index (χ1) is 12.7. The fourth-order valence-corrected chi connectivity index (χ4v) is 3.77. The molecule has 1 aromatic rings. The van der Waals surface area contributed by atoms with E-state index in [0.29, 0.717) is 13.1 Å². The van der Waals surface area contributed by atoms with E-state index in [4.69, 9.17) is 9.47 Å². The summed E-state index contributed by atoms with van der Waals surface area (Å²) < 4.78 is 11.4. The molecule has 3 rings (SSSR count). The Morgan fingerprint density at radius 2 is 1.81 bits per heavy atom. The van der Waals surface area contributed by atoms with Gasteiger partial charge in [-0.2, -0.15) is 0 Å². The van der Waals surface area contributed by atoms with Gasteiger partial charge in [-0.05, 0) is 39.7 Å². The average Bonchev–Trinajstić information content (AvgIpc) is 2.96. The highest BCUT2D eigenvalue weighted by atomic mass is 16.6. The molecule has 27 heavy (non-hydrogen) atoms.